The maximum Gasteiger partial charge on any atom is 0.223 e. The van der Waals surface area contributed by atoms with Gasteiger partial charge in [0.2, 0.25) is 10.9 Å². The van der Waals surface area contributed by atoms with Gasteiger partial charge in [0, 0.05) is 25.2 Å². The minimum atomic E-state index is 0.125. The standard InChI is InChI=1S/C17H25N5O2S/c1-12-20-22-11-14(19-17(22)25-12)10-18-16(23)13-2-6-21(7-3-13)15-4-8-24-9-5-15/h11,13,15H,2-10H2,1H3,(H,18,23). The van der Waals surface area contributed by atoms with E-state index in [-0.39, 0.29) is 11.8 Å². The number of rotatable bonds is 4. The first-order valence-corrected chi connectivity index (χ1v) is 9.92. The molecule has 2 aromatic heterocycles. The van der Waals surface area contributed by atoms with Crippen LogP contribution in [0, 0.1) is 12.8 Å². The molecule has 4 heterocycles. The van der Waals surface area contributed by atoms with Crippen LogP contribution in [0.4, 0.5) is 0 Å². The maximum atomic E-state index is 12.5. The first-order chi connectivity index (χ1) is 12.2. The fourth-order valence-corrected chi connectivity index (χ4v) is 4.57. The number of aryl methyl sites for hydroxylation is 1. The number of nitrogens with one attached hydrogen (secondary N) is 1. The molecule has 0 saturated carbocycles. The van der Waals surface area contributed by atoms with Crippen LogP contribution in [0.1, 0.15) is 36.4 Å². The first-order valence-electron chi connectivity index (χ1n) is 9.10. The number of carbonyl (C=O) groups excluding carboxylic acids is 1. The van der Waals surface area contributed by atoms with Crippen molar-refractivity contribution in [3.63, 3.8) is 0 Å². The van der Waals surface area contributed by atoms with Gasteiger partial charge in [-0.2, -0.15) is 5.10 Å². The number of nitrogens with zero attached hydrogens (tertiary/aromatic N) is 4. The average Bonchev–Trinajstić information content (AvgIpc) is 3.17. The molecule has 0 bridgehead atoms. The van der Waals surface area contributed by atoms with E-state index in [2.05, 4.69) is 20.3 Å². The molecular formula is C17H25N5O2S. The summed E-state index contributed by atoms with van der Waals surface area (Å²) in [5, 5.41) is 8.40. The minimum Gasteiger partial charge on any atom is -0.381 e. The molecule has 136 valence electrons. The number of amides is 1. The number of carbonyl (C=O) groups is 1. The van der Waals surface area contributed by atoms with Crippen LogP contribution in [0.2, 0.25) is 0 Å². The van der Waals surface area contributed by atoms with Crippen LogP contribution in [-0.2, 0) is 16.1 Å². The number of imidazole rings is 1. The molecule has 0 unspecified atom stereocenters. The third-order valence-electron chi connectivity index (χ3n) is 5.25. The van der Waals surface area contributed by atoms with Gasteiger partial charge in [0.05, 0.1) is 18.4 Å². The van der Waals surface area contributed by atoms with E-state index in [1.807, 2.05) is 13.1 Å². The zero-order chi connectivity index (χ0) is 17.2. The molecule has 0 radical (unpaired) electrons. The Kier molecular flexibility index (Phi) is 5.00. The van der Waals surface area contributed by atoms with E-state index in [1.54, 1.807) is 15.9 Å². The van der Waals surface area contributed by atoms with Crippen molar-refractivity contribution >= 4 is 22.2 Å². The monoisotopic (exact) mass is 363 g/mol. The lowest BCUT2D eigenvalue weighted by Crippen LogP contribution is -2.46. The van der Waals surface area contributed by atoms with Gasteiger partial charge in [-0.25, -0.2) is 9.50 Å². The van der Waals surface area contributed by atoms with Gasteiger partial charge in [0.25, 0.3) is 0 Å². The molecule has 0 atom stereocenters. The highest BCUT2D eigenvalue weighted by Crippen LogP contribution is 2.23. The molecule has 1 amide bonds. The molecule has 0 spiro atoms. The van der Waals surface area contributed by atoms with Gasteiger partial charge in [0.15, 0.2) is 0 Å². The van der Waals surface area contributed by atoms with Gasteiger partial charge in [-0.15, -0.1) is 0 Å². The van der Waals surface area contributed by atoms with Crippen LogP contribution < -0.4 is 5.32 Å². The normalized spacial score (nSPS) is 21.0. The fraction of sp³-hybridized carbons (Fsp3) is 0.706. The minimum absolute atomic E-state index is 0.125. The van der Waals surface area contributed by atoms with E-state index in [9.17, 15) is 4.79 Å². The van der Waals surface area contributed by atoms with Crippen molar-refractivity contribution in [1.29, 1.82) is 0 Å². The van der Waals surface area contributed by atoms with Crippen molar-refractivity contribution in [2.24, 2.45) is 5.92 Å². The Morgan fingerprint density at radius 3 is 2.80 bits per heavy atom. The summed E-state index contributed by atoms with van der Waals surface area (Å²) in [4.78, 5) is 20.4. The van der Waals surface area contributed by atoms with E-state index in [0.717, 1.165) is 67.6 Å². The zero-order valence-electron chi connectivity index (χ0n) is 14.6. The molecule has 1 N–H and O–H groups in total. The van der Waals surface area contributed by atoms with Crippen molar-refractivity contribution in [2.75, 3.05) is 26.3 Å². The third kappa shape index (κ3) is 3.86. The third-order valence-corrected chi connectivity index (χ3v) is 6.08. The molecule has 2 aliphatic heterocycles. The van der Waals surface area contributed by atoms with Crippen molar-refractivity contribution in [2.45, 2.75) is 45.2 Å². The van der Waals surface area contributed by atoms with Gasteiger partial charge in [0.1, 0.15) is 5.01 Å². The Hall–Kier alpha value is -1.51. The lowest BCUT2D eigenvalue weighted by Gasteiger charge is -2.38. The smallest absolute Gasteiger partial charge is 0.223 e. The van der Waals surface area contributed by atoms with Crippen LogP contribution in [0.15, 0.2) is 6.20 Å². The van der Waals surface area contributed by atoms with Crippen LogP contribution in [0.5, 0.6) is 0 Å². The second-order valence-electron chi connectivity index (χ2n) is 6.95. The topological polar surface area (TPSA) is 71.8 Å². The predicted molar refractivity (Wildman–Crippen MR) is 95.6 cm³/mol. The summed E-state index contributed by atoms with van der Waals surface area (Å²) in [6, 6.07) is 0.646. The summed E-state index contributed by atoms with van der Waals surface area (Å²) in [7, 11) is 0. The molecule has 2 aliphatic rings. The van der Waals surface area contributed by atoms with Crippen molar-refractivity contribution in [1.82, 2.24) is 24.8 Å². The number of fused-ring (bicyclic) bond motifs is 1. The van der Waals surface area contributed by atoms with E-state index in [1.165, 1.54) is 0 Å². The van der Waals surface area contributed by atoms with Gasteiger partial charge >= 0.3 is 0 Å². The van der Waals surface area contributed by atoms with Crippen LogP contribution >= 0.6 is 11.3 Å². The summed E-state index contributed by atoms with van der Waals surface area (Å²) < 4.78 is 7.23. The van der Waals surface area contributed by atoms with Crippen molar-refractivity contribution in [3.05, 3.63) is 16.9 Å². The fourth-order valence-electron chi connectivity index (χ4n) is 3.83. The van der Waals surface area contributed by atoms with E-state index in [4.69, 9.17) is 4.74 Å². The van der Waals surface area contributed by atoms with Gasteiger partial charge in [-0.05, 0) is 45.7 Å². The molecule has 2 aromatic rings. The SMILES string of the molecule is Cc1nn2cc(CNC(=O)C3CCN(C4CCOCC4)CC3)nc2s1. The molecule has 7 nitrogen and oxygen atoms in total. The van der Waals surface area contributed by atoms with Crippen molar-refractivity contribution < 1.29 is 9.53 Å². The number of hydrogen-bond acceptors (Lipinski definition) is 6. The molecule has 2 fully saturated rings. The van der Waals surface area contributed by atoms with Gasteiger partial charge in [-0.1, -0.05) is 11.3 Å². The molecule has 0 aliphatic carbocycles. The van der Waals surface area contributed by atoms with E-state index < -0.39 is 0 Å². The summed E-state index contributed by atoms with van der Waals surface area (Å²) in [5.74, 6) is 0.285. The summed E-state index contributed by atoms with van der Waals surface area (Å²) >= 11 is 1.56. The van der Waals surface area contributed by atoms with Crippen LogP contribution in [0.3, 0.4) is 0 Å². The molecule has 4 rings (SSSR count). The molecule has 8 heteroatoms. The van der Waals surface area contributed by atoms with Crippen molar-refractivity contribution in [3.8, 4) is 0 Å². The van der Waals surface area contributed by atoms with E-state index >= 15 is 0 Å². The second-order valence-corrected chi connectivity index (χ2v) is 8.11. The number of aromatic nitrogens is 3. The Morgan fingerprint density at radius 1 is 1.32 bits per heavy atom. The highest BCUT2D eigenvalue weighted by Gasteiger charge is 2.29. The van der Waals surface area contributed by atoms with Gasteiger partial charge in [-0.3, -0.25) is 4.79 Å². The molecular weight excluding hydrogens is 338 g/mol. The second kappa shape index (κ2) is 7.39. The Labute approximate surface area is 151 Å². The molecule has 0 aromatic carbocycles. The highest BCUT2D eigenvalue weighted by atomic mass is 32.1. The Bertz CT molecular complexity index is 697. The Balaban J connectivity index is 1.25. The van der Waals surface area contributed by atoms with Crippen LogP contribution in [-0.4, -0.2) is 57.8 Å². The highest BCUT2D eigenvalue weighted by molar-refractivity contribution is 7.16. The lowest BCUT2D eigenvalue weighted by molar-refractivity contribution is -0.127. The molecule has 2 saturated heterocycles. The summed E-state index contributed by atoms with van der Waals surface area (Å²) in [6.07, 6.45) is 6.04. The average molecular weight is 363 g/mol. The zero-order valence-corrected chi connectivity index (χ0v) is 15.4. The Morgan fingerprint density at radius 2 is 2.08 bits per heavy atom. The number of likely N-dealkylation sites (tertiary alicyclic amines) is 1. The van der Waals surface area contributed by atoms with E-state index in [0.29, 0.717) is 12.6 Å². The maximum absolute atomic E-state index is 12.5. The summed E-state index contributed by atoms with van der Waals surface area (Å²) in [5.41, 5.74) is 0.867. The molecule has 25 heavy (non-hydrogen) atoms. The predicted octanol–water partition coefficient (Wildman–Crippen LogP) is 1.61. The summed E-state index contributed by atoms with van der Waals surface area (Å²) in [6.45, 7) is 6.24. The number of piperidine rings is 1. The van der Waals surface area contributed by atoms with Crippen LogP contribution in [0.25, 0.3) is 4.96 Å². The lowest BCUT2D eigenvalue weighted by atomic mass is 9.93. The largest absolute Gasteiger partial charge is 0.381 e. The number of hydrogen-bond donors (Lipinski definition) is 1. The number of ether oxygens (including phenoxy) is 1. The first kappa shape index (κ1) is 16.9. The van der Waals surface area contributed by atoms with Gasteiger partial charge < -0.3 is 15.0 Å². The quantitative estimate of drug-likeness (QED) is 0.893.